The third kappa shape index (κ3) is 6.03. The summed E-state index contributed by atoms with van der Waals surface area (Å²) in [5, 5.41) is 22.0. The van der Waals surface area contributed by atoms with Crippen LogP contribution in [0.2, 0.25) is 5.02 Å². The summed E-state index contributed by atoms with van der Waals surface area (Å²) >= 11 is 13.1. The third-order valence-electron chi connectivity index (χ3n) is 4.72. The molecule has 0 aliphatic carbocycles. The number of halogens is 3. The highest BCUT2D eigenvalue weighted by atomic mass is 79.9. The largest absolute Gasteiger partial charge is 0.486 e. The molecule has 0 spiro atoms. The summed E-state index contributed by atoms with van der Waals surface area (Å²) < 4.78 is 7.16. The van der Waals surface area contributed by atoms with Crippen LogP contribution >= 0.6 is 43.5 Å². The number of ether oxygens (including phenoxy) is 1. The standard InChI is InChI=1S/C25H16Br2ClN3O2/c1-15-22(28)7-4-8-23(15)31-25(32)19(13-30)9-16-10-20(26)24(21(27)11-16)33-14-18-6-3-2-5-17(18)12-29/h2-11H,14H2,1H3,(H,31,32)/b19-9-. The number of carbonyl (C=O) groups excluding carboxylic acids is 1. The quantitative estimate of drug-likeness (QED) is 0.246. The second-order valence-electron chi connectivity index (χ2n) is 6.91. The van der Waals surface area contributed by atoms with E-state index >= 15 is 0 Å². The molecule has 0 unspecified atom stereocenters. The number of amides is 1. The van der Waals surface area contributed by atoms with Crippen molar-refractivity contribution in [2.45, 2.75) is 13.5 Å². The van der Waals surface area contributed by atoms with Gasteiger partial charge in [-0.2, -0.15) is 10.5 Å². The smallest absolute Gasteiger partial charge is 0.266 e. The average molecular weight is 586 g/mol. The summed E-state index contributed by atoms with van der Waals surface area (Å²) in [4.78, 5) is 12.6. The Morgan fingerprint density at radius 3 is 2.48 bits per heavy atom. The van der Waals surface area contributed by atoms with Crippen molar-refractivity contribution in [2.24, 2.45) is 0 Å². The van der Waals surface area contributed by atoms with Crippen molar-refractivity contribution in [3.05, 3.63) is 96.4 Å². The lowest BCUT2D eigenvalue weighted by Crippen LogP contribution is -2.14. The summed E-state index contributed by atoms with van der Waals surface area (Å²) in [5.74, 6) is 0.000882. The molecule has 0 aromatic heterocycles. The van der Waals surface area contributed by atoms with Crippen LogP contribution in [0.15, 0.2) is 69.1 Å². The number of nitrogens with one attached hydrogen (secondary N) is 1. The lowest BCUT2D eigenvalue weighted by atomic mass is 10.1. The molecule has 8 heteroatoms. The summed E-state index contributed by atoms with van der Waals surface area (Å²) in [7, 11) is 0. The molecule has 5 nitrogen and oxygen atoms in total. The SMILES string of the molecule is Cc1c(Cl)cccc1NC(=O)/C(C#N)=C\c1cc(Br)c(OCc2ccccc2C#N)c(Br)c1. The van der Waals surface area contributed by atoms with E-state index in [1.165, 1.54) is 6.08 Å². The number of benzene rings is 3. The van der Waals surface area contributed by atoms with Gasteiger partial charge in [0.05, 0.1) is 20.6 Å². The summed E-state index contributed by atoms with van der Waals surface area (Å²) in [6.45, 7) is 2.00. The zero-order valence-corrected chi connectivity index (χ0v) is 21.3. The van der Waals surface area contributed by atoms with Gasteiger partial charge in [0.2, 0.25) is 0 Å². The molecular weight excluding hydrogens is 570 g/mol. The van der Waals surface area contributed by atoms with Crippen LogP contribution in [0, 0.1) is 29.6 Å². The van der Waals surface area contributed by atoms with E-state index in [4.69, 9.17) is 16.3 Å². The second-order valence-corrected chi connectivity index (χ2v) is 9.02. The van der Waals surface area contributed by atoms with Crippen LogP contribution < -0.4 is 10.1 Å². The number of rotatable bonds is 6. The molecule has 0 saturated carbocycles. The maximum Gasteiger partial charge on any atom is 0.266 e. The number of hydrogen-bond donors (Lipinski definition) is 1. The van der Waals surface area contributed by atoms with E-state index in [0.717, 1.165) is 11.1 Å². The van der Waals surface area contributed by atoms with Crippen molar-refractivity contribution in [3.63, 3.8) is 0 Å². The van der Waals surface area contributed by atoms with E-state index in [0.29, 0.717) is 36.5 Å². The summed E-state index contributed by atoms with van der Waals surface area (Å²) in [5.41, 5.74) is 3.12. The second kappa shape index (κ2) is 11.2. The molecule has 0 atom stereocenters. The molecule has 0 bridgehead atoms. The zero-order chi connectivity index (χ0) is 24.0. The molecule has 0 heterocycles. The van der Waals surface area contributed by atoms with Crippen LogP contribution in [0.3, 0.4) is 0 Å². The van der Waals surface area contributed by atoms with Gasteiger partial charge in [0.15, 0.2) is 0 Å². The molecular formula is C25H16Br2ClN3O2. The third-order valence-corrected chi connectivity index (χ3v) is 6.31. The first-order valence-corrected chi connectivity index (χ1v) is 11.6. The molecule has 3 rings (SSSR count). The number of carbonyl (C=O) groups is 1. The summed E-state index contributed by atoms with van der Waals surface area (Å²) in [6, 6.07) is 19.9. The molecule has 33 heavy (non-hydrogen) atoms. The Labute approximate surface area is 213 Å². The highest BCUT2D eigenvalue weighted by molar-refractivity contribution is 9.11. The fourth-order valence-corrected chi connectivity index (χ4v) is 4.58. The van der Waals surface area contributed by atoms with Crippen molar-refractivity contribution in [3.8, 4) is 17.9 Å². The van der Waals surface area contributed by atoms with E-state index in [-0.39, 0.29) is 12.2 Å². The van der Waals surface area contributed by atoms with Crippen LogP contribution in [-0.2, 0) is 11.4 Å². The Morgan fingerprint density at radius 2 is 1.82 bits per heavy atom. The highest BCUT2D eigenvalue weighted by Gasteiger charge is 2.14. The molecule has 0 saturated heterocycles. The van der Waals surface area contributed by atoms with Gasteiger partial charge in [-0.3, -0.25) is 4.79 Å². The summed E-state index contributed by atoms with van der Waals surface area (Å²) in [6.07, 6.45) is 1.49. The first-order valence-electron chi connectivity index (χ1n) is 9.62. The molecule has 164 valence electrons. The minimum absolute atomic E-state index is 0.0650. The van der Waals surface area contributed by atoms with Crippen LogP contribution in [0.5, 0.6) is 5.75 Å². The van der Waals surface area contributed by atoms with Crippen LogP contribution in [0.4, 0.5) is 5.69 Å². The molecule has 0 aliphatic rings. The Kier molecular flexibility index (Phi) is 8.30. The van der Waals surface area contributed by atoms with Gasteiger partial charge in [-0.15, -0.1) is 0 Å². The van der Waals surface area contributed by atoms with E-state index in [9.17, 15) is 15.3 Å². The van der Waals surface area contributed by atoms with Crippen molar-refractivity contribution in [1.29, 1.82) is 10.5 Å². The lowest BCUT2D eigenvalue weighted by Gasteiger charge is -2.12. The number of hydrogen-bond acceptors (Lipinski definition) is 4. The van der Waals surface area contributed by atoms with Gasteiger partial charge >= 0.3 is 0 Å². The predicted octanol–water partition coefficient (Wildman–Crippen LogP) is 7.17. The monoisotopic (exact) mass is 583 g/mol. The average Bonchev–Trinajstić information content (AvgIpc) is 2.80. The minimum Gasteiger partial charge on any atom is -0.486 e. The molecule has 0 fully saturated rings. The number of nitriles is 2. The fourth-order valence-electron chi connectivity index (χ4n) is 2.95. The van der Waals surface area contributed by atoms with Gasteiger partial charge in [0.25, 0.3) is 5.91 Å². The van der Waals surface area contributed by atoms with Gasteiger partial charge in [-0.1, -0.05) is 35.9 Å². The van der Waals surface area contributed by atoms with Crippen molar-refractivity contribution < 1.29 is 9.53 Å². The first kappa shape index (κ1) is 24.5. The van der Waals surface area contributed by atoms with Crippen molar-refractivity contribution >= 4 is 61.1 Å². The fraction of sp³-hybridized carbons (Fsp3) is 0.0800. The Hall–Kier alpha value is -3.10. The first-order chi connectivity index (χ1) is 15.8. The Bertz CT molecular complexity index is 1320. The van der Waals surface area contributed by atoms with Crippen LogP contribution in [-0.4, -0.2) is 5.91 Å². The van der Waals surface area contributed by atoms with Crippen LogP contribution in [0.25, 0.3) is 6.08 Å². The van der Waals surface area contributed by atoms with Gasteiger partial charge in [0.1, 0.15) is 24.0 Å². The van der Waals surface area contributed by atoms with Gasteiger partial charge in [-0.25, -0.2) is 0 Å². The zero-order valence-electron chi connectivity index (χ0n) is 17.3. The topological polar surface area (TPSA) is 85.9 Å². The molecule has 1 N–H and O–H groups in total. The molecule has 3 aromatic carbocycles. The van der Waals surface area contributed by atoms with Crippen LogP contribution in [0.1, 0.15) is 22.3 Å². The number of nitrogens with zero attached hydrogens (tertiary/aromatic N) is 2. The number of anilines is 1. The molecule has 0 aliphatic heterocycles. The Morgan fingerprint density at radius 1 is 1.12 bits per heavy atom. The maximum atomic E-state index is 12.6. The molecule has 3 aromatic rings. The van der Waals surface area contributed by atoms with E-state index in [1.807, 2.05) is 18.2 Å². The molecule has 1 amide bonds. The van der Waals surface area contributed by atoms with Gasteiger partial charge in [-0.05, 0) is 86.3 Å². The van der Waals surface area contributed by atoms with Gasteiger partial charge in [0, 0.05) is 16.3 Å². The molecule has 0 radical (unpaired) electrons. The normalized spacial score (nSPS) is 10.8. The van der Waals surface area contributed by atoms with E-state index < -0.39 is 5.91 Å². The van der Waals surface area contributed by atoms with E-state index in [2.05, 4.69) is 43.2 Å². The Balaban J connectivity index is 1.81. The predicted molar refractivity (Wildman–Crippen MR) is 136 cm³/mol. The maximum absolute atomic E-state index is 12.6. The van der Waals surface area contributed by atoms with Gasteiger partial charge < -0.3 is 10.1 Å². The van der Waals surface area contributed by atoms with Crippen molar-refractivity contribution in [2.75, 3.05) is 5.32 Å². The highest BCUT2D eigenvalue weighted by Crippen LogP contribution is 2.36. The minimum atomic E-state index is -0.538. The van der Waals surface area contributed by atoms with E-state index in [1.54, 1.807) is 49.4 Å². The van der Waals surface area contributed by atoms with Crippen molar-refractivity contribution in [1.82, 2.24) is 0 Å². The lowest BCUT2D eigenvalue weighted by molar-refractivity contribution is -0.112.